The number of thioether (sulfide) groups is 1. The van der Waals surface area contributed by atoms with Crippen molar-refractivity contribution in [2.45, 2.75) is 88.7 Å². The van der Waals surface area contributed by atoms with Crippen molar-refractivity contribution in [3.8, 4) is 0 Å². The van der Waals surface area contributed by atoms with Gasteiger partial charge in [-0.2, -0.15) is 0 Å². The Morgan fingerprint density at radius 1 is 1.03 bits per heavy atom. The summed E-state index contributed by atoms with van der Waals surface area (Å²) in [7, 11) is 0. The largest absolute Gasteiger partial charge is 0.481 e. The molecule has 0 aliphatic heterocycles. The Bertz CT molecular complexity index is 781. The van der Waals surface area contributed by atoms with Gasteiger partial charge < -0.3 is 30.5 Å². The van der Waals surface area contributed by atoms with Crippen LogP contribution in [0.15, 0.2) is 48.6 Å². The number of allylic oxidation sites excluding steroid dienone is 7. The summed E-state index contributed by atoms with van der Waals surface area (Å²) in [6.45, 7) is 2.55. The molecular weight excluding hydrogens is 510 g/mol. The van der Waals surface area contributed by atoms with E-state index in [1.165, 1.54) is 37.9 Å². The zero-order chi connectivity index (χ0) is 28.6. The van der Waals surface area contributed by atoms with Crippen LogP contribution in [0.2, 0.25) is 0 Å². The van der Waals surface area contributed by atoms with Gasteiger partial charge in [-0.25, -0.2) is 0 Å². The topological polar surface area (TPSA) is 156 Å². The van der Waals surface area contributed by atoms with Gasteiger partial charge in [0.15, 0.2) is 6.10 Å². The number of carboxylic acids is 1. The Morgan fingerprint density at radius 2 is 1.76 bits per heavy atom. The van der Waals surface area contributed by atoms with Gasteiger partial charge in [-0.05, 0) is 32.1 Å². The number of hydrogen-bond donors (Lipinski definition) is 4. The maximum atomic E-state index is 12.2. The Labute approximate surface area is 230 Å². The number of esters is 2. The quantitative estimate of drug-likeness (QED) is 0.0672. The molecule has 38 heavy (non-hydrogen) atoms. The third kappa shape index (κ3) is 20.6. The lowest BCUT2D eigenvalue weighted by Gasteiger charge is -2.21. The second kappa shape index (κ2) is 23.7. The number of aliphatic hydroxyl groups excluding tert-OH is 2. The molecule has 9 nitrogen and oxygen atoms in total. The maximum Gasteiger partial charge on any atom is 0.323 e. The molecule has 0 aromatic rings. The predicted octanol–water partition coefficient (Wildman–Crippen LogP) is 3.69. The number of carboxylic acid groups (broad SMARTS) is 1. The Hall–Kier alpha value is -2.40. The van der Waals surface area contributed by atoms with E-state index in [0.29, 0.717) is 6.42 Å². The summed E-state index contributed by atoms with van der Waals surface area (Å²) in [5.74, 6) is -2.13. The van der Waals surface area contributed by atoms with Crippen LogP contribution < -0.4 is 5.73 Å². The van der Waals surface area contributed by atoms with Gasteiger partial charge in [0, 0.05) is 24.3 Å². The minimum absolute atomic E-state index is 0.0455. The molecule has 0 bridgehead atoms. The highest BCUT2D eigenvalue weighted by molar-refractivity contribution is 8.00. The van der Waals surface area contributed by atoms with E-state index in [2.05, 4.69) is 19.1 Å². The molecule has 0 amide bonds. The fourth-order valence-corrected chi connectivity index (χ4v) is 4.23. The summed E-state index contributed by atoms with van der Waals surface area (Å²) in [6.07, 6.45) is 20.0. The minimum atomic E-state index is -1.01. The Morgan fingerprint density at radius 3 is 2.42 bits per heavy atom. The number of aliphatic hydroxyl groups is 2. The van der Waals surface area contributed by atoms with Crippen LogP contribution in [0.5, 0.6) is 0 Å². The van der Waals surface area contributed by atoms with Crippen LogP contribution in [0, 0.1) is 0 Å². The predicted molar refractivity (Wildman–Crippen MR) is 151 cm³/mol. The van der Waals surface area contributed by atoms with Crippen molar-refractivity contribution in [3.05, 3.63) is 48.6 Å². The van der Waals surface area contributed by atoms with Crippen LogP contribution in [0.3, 0.4) is 0 Å². The summed E-state index contributed by atoms with van der Waals surface area (Å²) in [5, 5.41) is 28.2. The average molecular weight is 556 g/mol. The fourth-order valence-electron chi connectivity index (χ4n) is 3.11. The van der Waals surface area contributed by atoms with Crippen LogP contribution >= 0.6 is 11.8 Å². The van der Waals surface area contributed by atoms with Crippen molar-refractivity contribution in [1.82, 2.24) is 0 Å². The van der Waals surface area contributed by atoms with Crippen molar-refractivity contribution in [2.75, 3.05) is 19.0 Å². The second-order valence-corrected chi connectivity index (χ2v) is 9.91. The van der Waals surface area contributed by atoms with Crippen LogP contribution in [0.4, 0.5) is 0 Å². The number of carbonyl (C=O) groups excluding carboxylic acids is 2. The molecule has 0 rings (SSSR count). The third-order valence-electron chi connectivity index (χ3n) is 5.17. The second-order valence-electron chi connectivity index (χ2n) is 8.70. The van der Waals surface area contributed by atoms with Crippen LogP contribution in [0.25, 0.3) is 0 Å². The lowest BCUT2D eigenvalue weighted by Crippen LogP contribution is -2.38. The van der Waals surface area contributed by atoms with Gasteiger partial charge in [-0.1, -0.05) is 68.4 Å². The fraction of sp³-hybridized carbons (Fsp3) is 0.607. The van der Waals surface area contributed by atoms with E-state index in [9.17, 15) is 24.6 Å². The average Bonchev–Trinajstić information content (AvgIpc) is 2.87. The molecule has 0 aliphatic rings. The highest BCUT2D eigenvalue weighted by Gasteiger charge is 2.23. The monoisotopic (exact) mass is 555 g/mol. The van der Waals surface area contributed by atoms with Gasteiger partial charge in [0.25, 0.3) is 0 Å². The first-order chi connectivity index (χ1) is 18.2. The van der Waals surface area contributed by atoms with Crippen molar-refractivity contribution in [3.63, 3.8) is 0 Å². The third-order valence-corrected chi connectivity index (χ3v) is 6.58. The molecule has 5 N–H and O–H groups in total. The van der Waals surface area contributed by atoms with Crippen molar-refractivity contribution in [2.24, 2.45) is 5.73 Å². The summed E-state index contributed by atoms with van der Waals surface area (Å²) in [5.41, 5.74) is 5.92. The molecule has 10 heteroatoms. The first-order valence-electron chi connectivity index (χ1n) is 13.1. The van der Waals surface area contributed by atoms with Crippen LogP contribution in [-0.2, 0) is 23.9 Å². The highest BCUT2D eigenvalue weighted by Crippen LogP contribution is 2.21. The van der Waals surface area contributed by atoms with E-state index in [-0.39, 0.29) is 25.2 Å². The summed E-state index contributed by atoms with van der Waals surface area (Å²) in [4.78, 5) is 34.0. The van der Waals surface area contributed by atoms with Crippen LogP contribution in [-0.4, -0.2) is 75.7 Å². The standard InChI is InChI=1S/C28H45NO8S/c1-3-4-5-6-7-8-9-10-11-12-13-14-17-26(25(32)16-15-18-27(33)34)38-21-24(29)28(35)36-20-23(19-30)37-22(2)31/h7-8,10-14,17,23-26,30,32H,3-6,9,15-16,18-21,29H2,1-2H3,(H,33,34)/b8-7-,11-10-,13-12+,17-14+/t23-,24-,25-,26+/m0/s1. The summed E-state index contributed by atoms with van der Waals surface area (Å²) >= 11 is 1.25. The number of hydrogen-bond acceptors (Lipinski definition) is 9. The number of aliphatic carboxylic acids is 1. The van der Waals surface area contributed by atoms with E-state index >= 15 is 0 Å². The van der Waals surface area contributed by atoms with Gasteiger partial charge in [0.1, 0.15) is 12.6 Å². The molecule has 0 aliphatic carbocycles. The SMILES string of the molecule is CCCCC/C=C\C\C=C/C=C/C=C/[C@@H](SC[C@H](N)C(=O)OC[C@H](CO)OC(C)=O)[C@@H](O)CCCC(=O)O. The molecule has 0 unspecified atom stereocenters. The van der Waals surface area contributed by atoms with Crippen molar-refractivity contribution < 1.29 is 39.2 Å². The Kier molecular flexibility index (Phi) is 22.2. The zero-order valence-electron chi connectivity index (χ0n) is 22.6. The van der Waals surface area contributed by atoms with Crippen molar-refractivity contribution >= 4 is 29.7 Å². The van der Waals surface area contributed by atoms with E-state index in [4.69, 9.17) is 20.3 Å². The number of unbranched alkanes of at least 4 members (excludes halogenated alkanes) is 3. The first kappa shape index (κ1) is 35.6. The summed E-state index contributed by atoms with van der Waals surface area (Å²) in [6, 6.07) is -1.01. The van der Waals surface area contributed by atoms with Gasteiger partial charge in [0.05, 0.1) is 12.7 Å². The van der Waals surface area contributed by atoms with Gasteiger partial charge in [0.2, 0.25) is 0 Å². The number of rotatable bonds is 22. The zero-order valence-corrected chi connectivity index (χ0v) is 23.4. The van der Waals surface area contributed by atoms with Gasteiger partial charge in [-0.15, -0.1) is 11.8 Å². The molecule has 0 fully saturated rings. The molecule has 0 heterocycles. The van der Waals surface area contributed by atoms with E-state index in [1.54, 1.807) is 12.2 Å². The molecule has 0 aromatic heterocycles. The van der Waals surface area contributed by atoms with Crippen LogP contribution in [0.1, 0.15) is 65.2 Å². The van der Waals surface area contributed by atoms with E-state index < -0.39 is 48.0 Å². The lowest BCUT2D eigenvalue weighted by molar-refractivity contribution is -0.160. The smallest absolute Gasteiger partial charge is 0.323 e. The molecule has 0 aromatic carbocycles. The van der Waals surface area contributed by atoms with E-state index in [0.717, 1.165) is 12.8 Å². The lowest BCUT2D eigenvalue weighted by atomic mass is 10.1. The highest BCUT2D eigenvalue weighted by atomic mass is 32.2. The first-order valence-corrected chi connectivity index (χ1v) is 14.1. The molecular formula is C28H45NO8S. The molecule has 0 saturated heterocycles. The molecule has 4 atom stereocenters. The Balaban J connectivity index is 4.82. The number of carbonyl (C=O) groups is 3. The van der Waals surface area contributed by atoms with Gasteiger partial charge >= 0.3 is 17.9 Å². The minimum Gasteiger partial charge on any atom is -0.481 e. The molecule has 216 valence electrons. The number of ether oxygens (including phenoxy) is 2. The summed E-state index contributed by atoms with van der Waals surface area (Å²) < 4.78 is 9.85. The van der Waals surface area contributed by atoms with E-state index in [1.807, 2.05) is 24.3 Å². The normalized spacial score (nSPS) is 15.3. The van der Waals surface area contributed by atoms with Gasteiger partial charge in [-0.3, -0.25) is 14.4 Å². The molecule has 0 spiro atoms. The number of nitrogens with two attached hydrogens (primary N) is 1. The molecule has 0 radical (unpaired) electrons. The molecule has 0 saturated carbocycles. The van der Waals surface area contributed by atoms with Crippen molar-refractivity contribution in [1.29, 1.82) is 0 Å². The maximum absolute atomic E-state index is 12.2.